The largest absolute Gasteiger partial charge is 0.467 e. The van der Waals surface area contributed by atoms with Crippen molar-refractivity contribution in [2.75, 3.05) is 13.7 Å². The molecule has 0 radical (unpaired) electrons. The van der Waals surface area contributed by atoms with E-state index in [4.69, 9.17) is 7.48 Å². The molecule has 7 heteroatoms. The zero-order chi connectivity index (χ0) is 17.8. The predicted molar refractivity (Wildman–Crippen MR) is 75.5 cm³/mol. The summed E-state index contributed by atoms with van der Waals surface area (Å²) in [5.74, 6) is -1.80. The van der Waals surface area contributed by atoms with E-state index in [1.807, 2.05) is 0 Å². The van der Waals surface area contributed by atoms with Gasteiger partial charge in [-0.05, 0) is 40.0 Å². The predicted octanol–water partition coefficient (Wildman–Crippen LogP) is 0.969. The van der Waals surface area contributed by atoms with Crippen LogP contribution < -0.4 is 10.6 Å². The Morgan fingerprint density at radius 1 is 1.52 bits per heavy atom. The second-order valence-corrected chi connectivity index (χ2v) is 5.83. The Hall–Kier alpha value is -1.79. The standard InChI is InChI=1S/C14H24N2O5/c1-14(2,3)21-13(19)16-10(12(18)20-4)8-9-6-5-7-15-11(9)17/h9-10H,5-8H2,1-4H3,(H,15,17)(H,16,19)/t9-,10-/m0/s1/i5D2. The molecule has 0 spiro atoms. The fourth-order valence-electron chi connectivity index (χ4n) is 1.91. The highest BCUT2D eigenvalue weighted by atomic mass is 16.6. The number of carbonyl (C=O) groups excluding carboxylic acids is 3. The van der Waals surface area contributed by atoms with Gasteiger partial charge in [-0.3, -0.25) is 4.79 Å². The molecular formula is C14H24N2O5. The van der Waals surface area contributed by atoms with Gasteiger partial charge in [0.2, 0.25) is 5.91 Å². The van der Waals surface area contributed by atoms with E-state index < -0.39 is 36.0 Å². The number of alkyl carbamates (subject to hydrolysis) is 1. The second-order valence-electron chi connectivity index (χ2n) is 5.83. The monoisotopic (exact) mass is 302 g/mol. The summed E-state index contributed by atoms with van der Waals surface area (Å²) in [5.41, 5.74) is -0.732. The van der Waals surface area contributed by atoms with Crippen LogP contribution in [0, 0.1) is 5.92 Å². The number of carbonyl (C=O) groups is 3. The molecule has 2 atom stereocenters. The first-order valence-electron chi connectivity index (χ1n) is 7.78. The number of hydrogen-bond donors (Lipinski definition) is 2. The van der Waals surface area contributed by atoms with Crippen LogP contribution in [0.2, 0.25) is 0 Å². The fourth-order valence-corrected chi connectivity index (χ4v) is 1.91. The summed E-state index contributed by atoms with van der Waals surface area (Å²) in [6, 6.07) is -1.08. The zero-order valence-electron chi connectivity index (χ0n) is 14.8. The molecule has 120 valence electrons. The van der Waals surface area contributed by atoms with Crippen LogP contribution in [0.4, 0.5) is 4.79 Å². The van der Waals surface area contributed by atoms with Gasteiger partial charge in [-0.2, -0.15) is 0 Å². The van der Waals surface area contributed by atoms with Crippen LogP contribution in [0.1, 0.15) is 42.7 Å². The van der Waals surface area contributed by atoms with E-state index >= 15 is 0 Å². The molecule has 0 unspecified atom stereocenters. The van der Waals surface area contributed by atoms with E-state index in [0.29, 0.717) is 0 Å². The first-order chi connectivity index (χ1) is 10.4. The van der Waals surface area contributed by atoms with Gasteiger partial charge in [0.25, 0.3) is 0 Å². The molecular weight excluding hydrogens is 276 g/mol. The molecule has 0 aromatic carbocycles. The number of methoxy groups -OCH3 is 1. The Kier molecular flexibility index (Phi) is 4.91. The SMILES string of the molecule is [2H]C1([2H])CNC(=O)[C@H](C[C@H](NC(=O)OC(C)(C)C)C(=O)OC)C1. The lowest BCUT2D eigenvalue weighted by Crippen LogP contribution is -2.47. The summed E-state index contributed by atoms with van der Waals surface area (Å²) in [6.45, 7) is 4.99. The summed E-state index contributed by atoms with van der Waals surface area (Å²) < 4.78 is 25.2. The van der Waals surface area contributed by atoms with Gasteiger partial charge in [0.1, 0.15) is 11.6 Å². The number of nitrogens with one attached hydrogen (secondary N) is 2. The van der Waals surface area contributed by atoms with Crippen LogP contribution in [-0.2, 0) is 19.1 Å². The quantitative estimate of drug-likeness (QED) is 0.755. The smallest absolute Gasteiger partial charge is 0.408 e. The first kappa shape index (κ1) is 14.2. The summed E-state index contributed by atoms with van der Waals surface area (Å²) >= 11 is 0. The Labute approximate surface area is 127 Å². The number of hydrogen-bond acceptors (Lipinski definition) is 5. The van der Waals surface area contributed by atoms with E-state index in [0.717, 1.165) is 0 Å². The minimum Gasteiger partial charge on any atom is -0.467 e. The van der Waals surface area contributed by atoms with Crippen molar-refractivity contribution in [2.45, 2.75) is 51.6 Å². The van der Waals surface area contributed by atoms with Gasteiger partial charge in [-0.1, -0.05) is 0 Å². The summed E-state index contributed by atoms with van der Waals surface area (Å²) in [6.07, 6.45) is -2.43. The normalized spacial score (nSPS) is 24.0. The molecule has 0 bridgehead atoms. The van der Waals surface area contributed by atoms with Crippen molar-refractivity contribution in [3.8, 4) is 0 Å². The Morgan fingerprint density at radius 3 is 2.76 bits per heavy atom. The molecule has 1 saturated heterocycles. The third-order valence-electron chi connectivity index (χ3n) is 2.85. The zero-order valence-corrected chi connectivity index (χ0v) is 12.8. The molecule has 7 nitrogen and oxygen atoms in total. The van der Waals surface area contributed by atoms with E-state index in [-0.39, 0.29) is 25.3 Å². The minimum absolute atomic E-state index is 0.0255. The van der Waals surface area contributed by atoms with Gasteiger partial charge in [0, 0.05) is 15.2 Å². The molecule has 2 N–H and O–H groups in total. The molecule has 0 aromatic heterocycles. The molecule has 1 aliphatic heterocycles. The average Bonchev–Trinajstić information content (AvgIpc) is 2.39. The van der Waals surface area contributed by atoms with Crippen molar-refractivity contribution in [3.05, 3.63) is 0 Å². The summed E-state index contributed by atoms with van der Waals surface area (Å²) in [4.78, 5) is 35.5. The molecule has 0 aliphatic carbocycles. The third kappa shape index (κ3) is 6.01. The van der Waals surface area contributed by atoms with Gasteiger partial charge in [0.05, 0.1) is 7.11 Å². The second kappa shape index (κ2) is 7.28. The Bertz CT molecular complexity index is 476. The topological polar surface area (TPSA) is 93.7 Å². The molecule has 1 heterocycles. The van der Waals surface area contributed by atoms with Crippen LogP contribution in [0.5, 0.6) is 0 Å². The fraction of sp³-hybridized carbons (Fsp3) is 0.786. The lowest BCUT2D eigenvalue weighted by Gasteiger charge is -2.26. The van der Waals surface area contributed by atoms with Gasteiger partial charge >= 0.3 is 12.1 Å². The molecule has 1 aliphatic rings. The van der Waals surface area contributed by atoms with E-state index in [9.17, 15) is 14.4 Å². The highest BCUT2D eigenvalue weighted by Gasteiger charge is 2.31. The summed E-state index contributed by atoms with van der Waals surface area (Å²) in [7, 11) is 1.17. The van der Waals surface area contributed by atoms with Crippen LogP contribution in [0.3, 0.4) is 0 Å². The molecule has 1 fully saturated rings. The highest BCUT2D eigenvalue weighted by molar-refractivity contribution is 5.84. The van der Waals surface area contributed by atoms with Crippen LogP contribution in [0.25, 0.3) is 0 Å². The molecule has 21 heavy (non-hydrogen) atoms. The average molecular weight is 302 g/mol. The van der Waals surface area contributed by atoms with Crippen molar-refractivity contribution in [2.24, 2.45) is 5.92 Å². The van der Waals surface area contributed by atoms with Crippen molar-refractivity contribution >= 4 is 18.0 Å². The molecule has 0 aromatic rings. The maximum Gasteiger partial charge on any atom is 0.408 e. The number of ether oxygens (including phenoxy) is 2. The van der Waals surface area contributed by atoms with Crippen molar-refractivity contribution in [3.63, 3.8) is 0 Å². The van der Waals surface area contributed by atoms with E-state index in [1.165, 1.54) is 7.11 Å². The Morgan fingerprint density at radius 2 is 2.19 bits per heavy atom. The number of esters is 1. The van der Waals surface area contributed by atoms with E-state index in [2.05, 4.69) is 15.4 Å². The lowest BCUT2D eigenvalue weighted by atomic mass is 9.91. The molecule has 1 rings (SSSR count). The minimum atomic E-state index is -1.55. The van der Waals surface area contributed by atoms with Crippen LogP contribution >= 0.6 is 0 Å². The number of amides is 2. The summed E-state index contributed by atoms with van der Waals surface area (Å²) in [5, 5.41) is 4.85. The molecule has 2 amide bonds. The number of piperidine rings is 1. The van der Waals surface area contributed by atoms with Gasteiger partial charge in [-0.15, -0.1) is 0 Å². The maximum absolute atomic E-state index is 11.9. The highest BCUT2D eigenvalue weighted by Crippen LogP contribution is 2.18. The van der Waals surface area contributed by atoms with Crippen molar-refractivity contribution < 1.29 is 26.6 Å². The van der Waals surface area contributed by atoms with E-state index in [1.54, 1.807) is 20.8 Å². The van der Waals surface area contributed by atoms with Gasteiger partial charge in [-0.25, -0.2) is 9.59 Å². The number of rotatable bonds is 4. The van der Waals surface area contributed by atoms with Crippen LogP contribution in [0.15, 0.2) is 0 Å². The van der Waals surface area contributed by atoms with Crippen LogP contribution in [-0.4, -0.2) is 43.3 Å². The maximum atomic E-state index is 11.9. The Balaban J connectivity index is 2.76. The van der Waals surface area contributed by atoms with Gasteiger partial charge < -0.3 is 20.1 Å². The first-order valence-corrected chi connectivity index (χ1v) is 6.78. The van der Waals surface area contributed by atoms with Crippen molar-refractivity contribution in [1.82, 2.24) is 10.6 Å². The lowest BCUT2D eigenvalue weighted by molar-refractivity contribution is -0.144. The van der Waals surface area contributed by atoms with Gasteiger partial charge in [0.15, 0.2) is 0 Å². The third-order valence-corrected chi connectivity index (χ3v) is 2.85. The molecule has 0 saturated carbocycles. The van der Waals surface area contributed by atoms with Crippen molar-refractivity contribution in [1.29, 1.82) is 0 Å².